The first-order valence-corrected chi connectivity index (χ1v) is 13.1. The van der Waals surface area contributed by atoms with E-state index in [9.17, 15) is 4.79 Å². The van der Waals surface area contributed by atoms with Crippen LogP contribution in [0.1, 0.15) is 13.8 Å². The summed E-state index contributed by atoms with van der Waals surface area (Å²) in [6.07, 6.45) is 4.49. The summed E-state index contributed by atoms with van der Waals surface area (Å²) in [5.41, 5.74) is 1.72. The molecule has 4 aromatic heterocycles. The number of hydrogen-bond donors (Lipinski definition) is 1. The average molecular weight is 572 g/mol. The normalized spacial score (nSPS) is 15.1. The molecule has 5 heterocycles. The number of aromatic nitrogens is 6. The maximum Gasteiger partial charge on any atom is 0.298 e. The van der Waals surface area contributed by atoms with E-state index in [1.807, 2.05) is 19.1 Å². The highest BCUT2D eigenvalue weighted by Crippen LogP contribution is 2.36. The third kappa shape index (κ3) is 5.15. The Morgan fingerprint density at radius 2 is 2.02 bits per heavy atom. The van der Waals surface area contributed by atoms with Crippen molar-refractivity contribution in [2.45, 2.75) is 19.9 Å². The van der Waals surface area contributed by atoms with Gasteiger partial charge in [-0.15, -0.1) is 0 Å². The van der Waals surface area contributed by atoms with Crippen LogP contribution in [0.25, 0.3) is 16.7 Å². The SMILES string of the molecule is CC#CC(=O)N1CCN(c2ccc3ncnc(Nc4ccc(Oc5ccn6ncnc6c5)c(Cl)c4F)c3n2)C[C@H]1C. The number of ether oxygens (including phenoxy) is 1. The van der Waals surface area contributed by atoms with Gasteiger partial charge in [-0.25, -0.2) is 28.8 Å². The van der Waals surface area contributed by atoms with Crippen LogP contribution in [0.2, 0.25) is 5.02 Å². The third-order valence-electron chi connectivity index (χ3n) is 6.69. The highest BCUT2D eigenvalue weighted by atomic mass is 35.5. The number of anilines is 3. The molecular formula is C28H23ClFN9O2. The van der Waals surface area contributed by atoms with Crippen LogP contribution < -0.4 is 15.0 Å². The number of pyridine rings is 2. The number of amides is 1. The fourth-order valence-corrected chi connectivity index (χ4v) is 4.87. The molecule has 0 radical (unpaired) electrons. The van der Waals surface area contributed by atoms with Crippen LogP contribution in [0.5, 0.6) is 11.5 Å². The van der Waals surface area contributed by atoms with Crippen molar-refractivity contribution in [2.75, 3.05) is 29.9 Å². The van der Waals surface area contributed by atoms with Crippen LogP contribution in [0.4, 0.5) is 21.7 Å². The van der Waals surface area contributed by atoms with Gasteiger partial charge in [-0.05, 0) is 50.1 Å². The number of benzene rings is 1. The minimum absolute atomic E-state index is 0.0468. The smallest absolute Gasteiger partial charge is 0.298 e. The zero-order valence-corrected chi connectivity index (χ0v) is 22.8. The zero-order chi connectivity index (χ0) is 28.5. The average Bonchev–Trinajstić information content (AvgIpc) is 3.45. The van der Waals surface area contributed by atoms with Crippen molar-refractivity contribution in [3.8, 4) is 23.3 Å². The van der Waals surface area contributed by atoms with Crippen LogP contribution in [-0.4, -0.2) is 66.0 Å². The lowest BCUT2D eigenvalue weighted by molar-refractivity contribution is -0.127. The van der Waals surface area contributed by atoms with Gasteiger partial charge in [0.2, 0.25) is 0 Å². The van der Waals surface area contributed by atoms with Crippen molar-refractivity contribution in [1.29, 1.82) is 0 Å². The summed E-state index contributed by atoms with van der Waals surface area (Å²) in [7, 11) is 0. The third-order valence-corrected chi connectivity index (χ3v) is 7.04. The lowest BCUT2D eigenvalue weighted by Crippen LogP contribution is -2.54. The van der Waals surface area contributed by atoms with Crippen molar-refractivity contribution in [1.82, 2.24) is 34.4 Å². The molecule has 1 N–H and O–H groups in total. The molecule has 0 bridgehead atoms. The van der Waals surface area contributed by atoms with E-state index in [0.717, 1.165) is 0 Å². The van der Waals surface area contributed by atoms with Crippen molar-refractivity contribution in [3.63, 3.8) is 0 Å². The molecule has 5 aromatic rings. The maximum absolute atomic E-state index is 15.4. The fourth-order valence-electron chi connectivity index (χ4n) is 4.67. The Labute approximate surface area is 239 Å². The summed E-state index contributed by atoms with van der Waals surface area (Å²) in [4.78, 5) is 33.7. The highest BCUT2D eigenvalue weighted by Gasteiger charge is 2.27. The van der Waals surface area contributed by atoms with E-state index in [1.54, 1.807) is 40.7 Å². The van der Waals surface area contributed by atoms with Crippen LogP contribution in [-0.2, 0) is 4.79 Å². The van der Waals surface area contributed by atoms with Crippen LogP contribution in [0, 0.1) is 17.7 Å². The van der Waals surface area contributed by atoms with Crippen molar-refractivity contribution < 1.29 is 13.9 Å². The Morgan fingerprint density at radius 3 is 2.85 bits per heavy atom. The number of piperazine rings is 1. The number of carbonyl (C=O) groups is 1. The number of nitrogens with zero attached hydrogens (tertiary/aromatic N) is 8. The topological polar surface area (TPSA) is 114 Å². The van der Waals surface area contributed by atoms with E-state index in [0.29, 0.717) is 53.7 Å². The van der Waals surface area contributed by atoms with Gasteiger partial charge in [-0.1, -0.05) is 17.5 Å². The molecule has 6 rings (SSSR count). The lowest BCUT2D eigenvalue weighted by atomic mass is 10.2. The van der Waals surface area contributed by atoms with Gasteiger partial charge in [0.05, 0.1) is 11.2 Å². The summed E-state index contributed by atoms with van der Waals surface area (Å²) in [6, 6.07) is 10.1. The van der Waals surface area contributed by atoms with E-state index in [-0.39, 0.29) is 28.4 Å². The minimum atomic E-state index is -0.708. The molecule has 0 aliphatic carbocycles. The second-order valence-corrected chi connectivity index (χ2v) is 9.70. The van der Waals surface area contributed by atoms with Gasteiger partial charge in [-0.3, -0.25) is 4.79 Å². The number of nitrogens with one attached hydrogen (secondary N) is 1. The molecule has 0 spiro atoms. The molecule has 11 nitrogen and oxygen atoms in total. The Hall–Kier alpha value is -5.02. The van der Waals surface area contributed by atoms with Crippen molar-refractivity contribution >= 4 is 51.5 Å². The zero-order valence-electron chi connectivity index (χ0n) is 22.0. The minimum Gasteiger partial charge on any atom is -0.455 e. The standard InChI is InChI=1S/C28H23ClFN9O2/c1-3-4-24(40)38-12-11-37(14-17(38)2)22-8-6-20-27(36-22)28(33-15-31-20)35-19-5-7-21(25(29)26(19)30)41-18-9-10-39-23(13-18)32-16-34-39/h5-10,13,15-17H,11-12,14H2,1-2H3,(H,31,33,35)/t17-/m1/s1. The van der Waals surface area contributed by atoms with Gasteiger partial charge in [0.25, 0.3) is 5.91 Å². The fraction of sp³-hybridized carbons (Fsp3) is 0.214. The molecule has 1 atom stereocenters. The molecule has 1 fully saturated rings. The van der Waals surface area contributed by atoms with Gasteiger partial charge in [0.1, 0.15) is 40.5 Å². The van der Waals surface area contributed by atoms with Gasteiger partial charge in [0, 0.05) is 37.9 Å². The van der Waals surface area contributed by atoms with Crippen molar-refractivity contribution in [3.05, 3.63) is 66.1 Å². The predicted octanol–water partition coefficient (Wildman–Crippen LogP) is 4.46. The summed E-state index contributed by atoms with van der Waals surface area (Å²) >= 11 is 6.36. The molecule has 0 unspecified atom stereocenters. The van der Waals surface area contributed by atoms with Crippen LogP contribution in [0.15, 0.2) is 55.2 Å². The molecule has 0 saturated carbocycles. The van der Waals surface area contributed by atoms with Gasteiger partial charge < -0.3 is 19.9 Å². The lowest BCUT2D eigenvalue weighted by Gasteiger charge is -2.39. The summed E-state index contributed by atoms with van der Waals surface area (Å²) < 4.78 is 22.8. The number of hydrogen-bond acceptors (Lipinski definition) is 9. The van der Waals surface area contributed by atoms with E-state index < -0.39 is 5.82 Å². The quantitative estimate of drug-likeness (QED) is 0.305. The molecule has 1 aromatic carbocycles. The molecular weight excluding hydrogens is 549 g/mol. The summed E-state index contributed by atoms with van der Waals surface area (Å²) in [5, 5.41) is 6.85. The number of fused-ring (bicyclic) bond motifs is 2. The molecule has 41 heavy (non-hydrogen) atoms. The first-order chi connectivity index (χ1) is 19.9. The first kappa shape index (κ1) is 26.2. The monoisotopic (exact) mass is 571 g/mol. The Morgan fingerprint density at radius 1 is 1.15 bits per heavy atom. The molecule has 13 heteroatoms. The van der Waals surface area contributed by atoms with Crippen molar-refractivity contribution in [2.24, 2.45) is 0 Å². The summed E-state index contributed by atoms with van der Waals surface area (Å²) in [6.45, 7) is 5.32. The molecule has 1 amide bonds. The molecule has 1 aliphatic heterocycles. The van der Waals surface area contributed by atoms with E-state index >= 15 is 4.39 Å². The van der Waals surface area contributed by atoms with Crippen LogP contribution in [0.3, 0.4) is 0 Å². The molecule has 1 aliphatic rings. The van der Waals surface area contributed by atoms with Gasteiger partial charge in [0.15, 0.2) is 17.3 Å². The van der Waals surface area contributed by atoms with E-state index in [1.165, 1.54) is 18.7 Å². The predicted molar refractivity (Wildman–Crippen MR) is 152 cm³/mol. The summed E-state index contributed by atoms with van der Waals surface area (Å²) in [5.74, 6) is 5.98. The number of carbonyl (C=O) groups excluding carboxylic acids is 1. The number of halogens is 2. The Kier molecular flexibility index (Phi) is 6.94. The van der Waals surface area contributed by atoms with E-state index in [4.69, 9.17) is 21.3 Å². The largest absolute Gasteiger partial charge is 0.455 e. The second kappa shape index (κ2) is 10.9. The Bertz CT molecular complexity index is 1850. The van der Waals surface area contributed by atoms with Gasteiger partial charge in [-0.2, -0.15) is 5.10 Å². The highest BCUT2D eigenvalue weighted by molar-refractivity contribution is 6.32. The molecule has 206 valence electrons. The van der Waals surface area contributed by atoms with Crippen LogP contribution >= 0.6 is 11.6 Å². The second-order valence-electron chi connectivity index (χ2n) is 9.32. The maximum atomic E-state index is 15.4. The molecule has 1 saturated heterocycles. The van der Waals surface area contributed by atoms with Gasteiger partial charge >= 0.3 is 0 Å². The van der Waals surface area contributed by atoms with E-state index in [2.05, 4.69) is 42.1 Å². The number of rotatable bonds is 5. The Balaban J connectivity index is 1.24. The first-order valence-electron chi connectivity index (χ1n) is 12.7.